The molecule has 0 radical (unpaired) electrons. The molecule has 0 heterocycles. The van der Waals surface area contributed by atoms with E-state index in [0.29, 0.717) is 12.1 Å². The third-order valence-corrected chi connectivity index (χ3v) is 3.29. The van der Waals surface area contributed by atoms with Crippen LogP contribution in [0.25, 0.3) is 0 Å². The number of benzene rings is 1. The van der Waals surface area contributed by atoms with E-state index in [2.05, 4.69) is 51.2 Å². The molecule has 0 aliphatic carbocycles. The van der Waals surface area contributed by atoms with E-state index in [1.807, 2.05) is 6.07 Å². The molecule has 0 fully saturated rings. The van der Waals surface area contributed by atoms with E-state index in [1.54, 1.807) is 0 Å². The molecule has 0 aromatic heterocycles. The molecule has 18 heavy (non-hydrogen) atoms. The highest BCUT2D eigenvalue weighted by Crippen LogP contribution is 2.25. The average molecular weight is 249 g/mol. The monoisotopic (exact) mass is 249 g/mol. The van der Waals surface area contributed by atoms with E-state index in [1.165, 1.54) is 12.0 Å². The predicted molar refractivity (Wildman–Crippen MR) is 78.1 cm³/mol. The van der Waals surface area contributed by atoms with Crippen molar-refractivity contribution in [2.45, 2.75) is 59.0 Å². The van der Waals surface area contributed by atoms with Gasteiger partial charge in [-0.05, 0) is 32.8 Å². The van der Waals surface area contributed by atoms with Gasteiger partial charge < -0.3 is 10.1 Å². The molecule has 102 valence electrons. The molecule has 2 atom stereocenters. The van der Waals surface area contributed by atoms with Crippen LogP contribution in [0, 0.1) is 0 Å². The normalized spacial score (nSPS) is 14.2. The van der Waals surface area contributed by atoms with Crippen LogP contribution in [-0.4, -0.2) is 12.6 Å². The highest BCUT2D eigenvalue weighted by Gasteiger charge is 2.12. The Labute approximate surface area is 112 Å². The van der Waals surface area contributed by atoms with Crippen LogP contribution in [-0.2, 0) is 0 Å². The van der Waals surface area contributed by atoms with Crippen molar-refractivity contribution >= 4 is 0 Å². The summed E-state index contributed by atoms with van der Waals surface area (Å²) in [5.41, 5.74) is 1.26. The van der Waals surface area contributed by atoms with E-state index in [9.17, 15) is 0 Å². The molecule has 0 bridgehead atoms. The van der Waals surface area contributed by atoms with E-state index in [-0.39, 0.29) is 0 Å². The van der Waals surface area contributed by atoms with Crippen LogP contribution in [0.3, 0.4) is 0 Å². The molecule has 1 rings (SSSR count). The lowest BCUT2D eigenvalue weighted by molar-refractivity contribution is 0.302. The first kappa shape index (κ1) is 15.0. The van der Waals surface area contributed by atoms with E-state index in [4.69, 9.17) is 4.74 Å². The number of hydrogen-bond donors (Lipinski definition) is 1. The standard InChI is InChI=1S/C16H27NO/c1-5-7-12-18-16-11-9-8-10-15(16)14(4)17-13(3)6-2/h8-11,13-14,17H,5-7,12H2,1-4H3/t13-,14+/m0/s1. The van der Waals surface area contributed by atoms with Gasteiger partial charge in [0.05, 0.1) is 6.61 Å². The zero-order chi connectivity index (χ0) is 13.4. The lowest BCUT2D eigenvalue weighted by Crippen LogP contribution is -2.28. The van der Waals surface area contributed by atoms with Gasteiger partial charge in [0.15, 0.2) is 0 Å². The molecule has 1 N–H and O–H groups in total. The van der Waals surface area contributed by atoms with Crippen molar-refractivity contribution in [3.8, 4) is 5.75 Å². The Morgan fingerprint density at radius 2 is 1.89 bits per heavy atom. The van der Waals surface area contributed by atoms with E-state index < -0.39 is 0 Å². The first-order chi connectivity index (χ1) is 8.69. The molecular weight excluding hydrogens is 222 g/mol. The minimum Gasteiger partial charge on any atom is -0.493 e. The van der Waals surface area contributed by atoms with Gasteiger partial charge in [-0.2, -0.15) is 0 Å². The average Bonchev–Trinajstić information content (AvgIpc) is 2.39. The summed E-state index contributed by atoms with van der Waals surface area (Å²) in [5.74, 6) is 1.02. The molecule has 0 aliphatic rings. The summed E-state index contributed by atoms with van der Waals surface area (Å²) >= 11 is 0. The molecule has 0 unspecified atom stereocenters. The Morgan fingerprint density at radius 3 is 2.56 bits per heavy atom. The summed E-state index contributed by atoms with van der Waals surface area (Å²) in [7, 11) is 0. The summed E-state index contributed by atoms with van der Waals surface area (Å²) in [4.78, 5) is 0. The van der Waals surface area contributed by atoms with Crippen LogP contribution in [0.5, 0.6) is 5.75 Å². The van der Waals surface area contributed by atoms with Crippen LogP contribution < -0.4 is 10.1 Å². The first-order valence-corrected chi connectivity index (χ1v) is 7.16. The smallest absolute Gasteiger partial charge is 0.124 e. The predicted octanol–water partition coefficient (Wildman–Crippen LogP) is 4.31. The molecular formula is C16H27NO. The molecule has 0 amide bonds. The van der Waals surface area contributed by atoms with Gasteiger partial charge in [-0.1, -0.05) is 38.5 Å². The van der Waals surface area contributed by atoms with Crippen molar-refractivity contribution in [3.63, 3.8) is 0 Å². The molecule has 0 saturated carbocycles. The van der Waals surface area contributed by atoms with Gasteiger partial charge in [0, 0.05) is 17.6 Å². The van der Waals surface area contributed by atoms with E-state index in [0.717, 1.165) is 25.2 Å². The maximum absolute atomic E-state index is 5.87. The number of unbranched alkanes of at least 4 members (excludes halogenated alkanes) is 1. The van der Waals surface area contributed by atoms with Crippen LogP contribution in [0.15, 0.2) is 24.3 Å². The number of hydrogen-bond acceptors (Lipinski definition) is 2. The topological polar surface area (TPSA) is 21.3 Å². The minimum absolute atomic E-state index is 0.331. The summed E-state index contributed by atoms with van der Waals surface area (Å²) in [6.07, 6.45) is 3.42. The van der Waals surface area contributed by atoms with Crippen molar-refractivity contribution in [3.05, 3.63) is 29.8 Å². The lowest BCUT2D eigenvalue weighted by Gasteiger charge is -2.21. The largest absolute Gasteiger partial charge is 0.493 e. The summed E-state index contributed by atoms with van der Waals surface area (Å²) in [6, 6.07) is 9.21. The van der Waals surface area contributed by atoms with Crippen LogP contribution >= 0.6 is 0 Å². The van der Waals surface area contributed by atoms with Gasteiger partial charge in [0.25, 0.3) is 0 Å². The molecule has 0 aliphatic heterocycles. The molecule has 2 nitrogen and oxygen atoms in total. The fourth-order valence-electron chi connectivity index (χ4n) is 1.93. The zero-order valence-corrected chi connectivity index (χ0v) is 12.2. The number of ether oxygens (including phenoxy) is 1. The fraction of sp³-hybridized carbons (Fsp3) is 0.625. The number of para-hydroxylation sites is 1. The van der Waals surface area contributed by atoms with Crippen molar-refractivity contribution in [1.29, 1.82) is 0 Å². The Balaban J connectivity index is 2.68. The summed E-state index contributed by atoms with van der Waals surface area (Å²) in [6.45, 7) is 9.62. The Morgan fingerprint density at radius 1 is 1.17 bits per heavy atom. The quantitative estimate of drug-likeness (QED) is 0.693. The van der Waals surface area contributed by atoms with Crippen molar-refractivity contribution < 1.29 is 4.74 Å². The summed E-state index contributed by atoms with van der Waals surface area (Å²) < 4.78 is 5.87. The van der Waals surface area contributed by atoms with Gasteiger partial charge in [0.2, 0.25) is 0 Å². The fourth-order valence-corrected chi connectivity index (χ4v) is 1.93. The zero-order valence-electron chi connectivity index (χ0n) is 12.2. The van der Waals surface area contributed by atoms with Gasteiger partial charge >= 0.3 is 0 Å². The van der Waals surface area contributed by atoms with Crippen molar-refractivity contribution in [2.24, 2.45) is 0 Å². The second kappa shape index (κ2) is 8.15. The van der Waals surface area contributed by atoms with Gasteiger partial charge in [0.1, 0.15) is 5.75 Å². The maximum atomic E-state index is 5.87. The molecule has 1 aromatic rings. The SMILES string of the molecule is CCCCOc1ccccc1[C@@H](C)N[C@@H](C)CC. The molecule has 2 heteroatoms. The Kier molecular flexibility index (Phi) is 6.81. The second-order valence-corrected chi connectivity index (χ2v) is 4.94. The van der Waals surface area contributed by atoms with Gasteiger partial charge in [-0.15, -0.1) is 0 Å². The van der Waals surface area contributed by atoms with Gasteiger partial charge in [-0.3, -0.25) is 0 Å². The van der Waals surface area contributed by atoms with E-state index >= 15 is 0 Å². The molecule has 1 aromatic carbocycles. The van der Waals surface area contributed by atoms with Crippen LogP contribution in [0.4, 0.5) is 0 Å². The third-order valence-electron chi connectivity index (χ3n) is 3.29. The minimum atomic E-state index is 0.331. The van der Waals surface area contributed by atoms with Crippen LogP contribution in [0.1, 0.15) is 58.6 Å². The summed E-state index contributed by atoms with van der Waals surface area (Å²) in [5, 5.41) is 3.60. The number of nitrogens with one attached hydrogen (secondary N) is 1. The number of rotatable bonds is 8. The maximum Gasteiger partial charge on any atom is 0.124 e. The molecule has 0 saturated heterocycles. The third kappa shape index (κ3) is 4.69. The highest BCUT2D eigenvalue weighted by molar-refractivity contribution is 5.35. The van der Waals surface area contributed by atoms with Gasteiger partial charge in [-0.25, -0.2) is 0 Å². The lowest BCUT2D eigenvalue weighted by atomic mass is 10.1. The molecule has 0 spiro atoms. The Hall–Kier alpha value is -1.02. The van der Waals surface area contributed by atoms with Crippen LogP contribution in [0.2, 0.25) is 0 Å². The Bertz CT molecular complexity index is 338. The second-order valence-electron chi connectivity index (χ2n) is 4.94. The van der Waals surface area contributed by atoms with Crippen molar-refractivity contribution in [2.75, 3.05) is 6.61 Å². The first-order valence-electron chi connectivity index (χ1n) is 7.16. The van der Waals surface area contributed by atoms with Crippen molar-refractivity contribution in [1.82, 2.24) is 5.32 Å². The highest BCUT2D eigenvalue weighted by atomic mass is 16.5.